The van der Waals surface area contributed by atoms with Gasteiger partial charge in [0.1, 0.15) is 12.4 Å². The Morgan fingerprint density at radius 1 is 0.914 bits per heavy atom. The second kappa shape index (κ2) is 20.1. The maximum Gasteiger partial charge on any atom is 0.175 e. The lowest BCUT2D eigenvalue weighted by Gasteiger charge is -2.22. The molecule has 0 aliphatic heterocycles. The van der Waals surface area contributed by atoms with Crippen molar-refractivity contribution in [3.05, 3.63) is 57.8 Å². The minimum absolute atomic E-state index is 0. The molecule has 0 fully saturated rings. The minimum Gasteiger partial charge on any atom is -0.490 e. The molecule has 0 aliphatic rings. The van der Waals surface area contributed by atoms with Gasteiger partial charge in [-0.2, -0.15) is 0 Å². The van der Waals surface area contributed by atoms with E-state index in [9.17, 15) is 4.39 Å². The summed E-state index contributed by atoms with van der Waals surface area (Å²) in [5.41, 5.74) is 1.64. The first-order valence-electron chi connectivity index (χ1n) is 12.3. The number of benzene rings is 2. The number of halogens is 4. The molecule has 1 N–H and O–H groups in total. The van der Waals surface area contributed by atoms with Gasteiger partial charge in [0.15, 0.2) is 11.5 Å². The zero-order valence-electron chi connectivity index (χ0n) is 21.3. The highest BCUT2D eigenvalue weighted by molar-refractivity contribution is 9.10. The fraction of sp³-hybridized carbons (Fsp3) is 0.556. The predicted molar refractivity (Wildman–Crippen MR) is 153 cm³/mol. The highest BCUT2D eigenvalue weighted by atomic mass is 79.9. The van der Waals surface area contributed by atoms with Crippen LogP contribution >= 0.6 is 40.7 Å². The van der Waals surface area contributed by atoms with E-state index in [4.69, 9.17) is 9.47 Å². The first-order chi connectivity index (χ1) is 16.1. The summed E-state index contributed by atoms with van der Waals surface area (Å²) in [7, 11) is 0. The summed E-state index contributed by atoms with van der Waals surface area (Å²) in [4.78, 5) is 2.60. The molecule has 2 aromatic rings. The van der Waals surface area contributed by atoms with Gasteiger partial charge in [-0.25, -0.2) is 4.39 Å². The quantitative estimate of drug-likeness (QED) is 0.189. The van der Waals surface area contributed by atoms with Gasteiger partial charge in [0.05, 0.1) is 11.1 Å². The predicted octanol–water partition coefficient (Wildman–Crippen LogP) is 7.79. The van der Waals surface area contributed by atoms with E-state index >= 15 is 0 Å². The van der Waals surface area contributed by atoms with E-state index in [0.717, 1.165) is 36.1 Å². The Morgan fingerprint density at radius 3 is 2.20 bits per heavy atom. The molecule has 200 valence electrons. The van der Waals surface area contributed by atoms with Gasteiger partial charge < -0.3 is 19.7 Å². The van der Waals surface area contributed by atoms with Gasteiger partial charge in [0.25, 0.3) is 0 Å². The Labute approximate surface area is 232 Å². The number of hydrogen-bond donors (Lipinski definition) is 1. The van der Waals surface area contributed by atoms with Crippen LogP contribution in [0.3, 0.4) is 0 Å². The molecule has 2 rings (SSSR count). The Balaban J connectivity index is 0.00000578. The Morgan fingerprint density at radius 2 is 1.57 bits per heavy atom. The summed E-state index contributed by atoms with van der Waals surface area (Å²) in [6.45, 7) is 12.4. The Kier molecular flexibility index (Phi) is 19.5. The van der Waals surface area contributed by atoms with Gasteiger partial charge in [0, 0.05) is 12.1 Å². The summed E-state index contributed by atoms with van der Waals surface area (Å²) < 4.78 is 26.5. The van der Waals surface area contributed by atoms with Crippen molar-refractivity contribution in [3.8, 4) is 11.5 Å². The molecule has 2 aromatic carbocycles. The molecule has 0 bridgehead atoms. The van der Waals surface area contributed by atoms with Crippen LogP contribution in [0, 0.1) is 5.82 Å². The van der Waals surface area contributed by atoms with E-state index < -0.39 is 0 Å². The molecule has 0 heterocycles. The number of nitrogens with one attached hydrogen (secondary N) is 1. The van der Waals surface area contributed by atoms with Crippen molar-refractivity contribution < 1.29 is 13.9 Å². The smallest absolute Gasteiger partial charge is 0.175 e. The molecule has 0 saturated heterocycles. The minimum atomic E-state index is -0.268. The van der Waals surface area contributed by atoms with Crippen molar-refractivity contribution in [2.75, 3.05) is 32.8 Å². The molecule has 4 nitrogen and oxygen atoms in total. The summed E-state index contributed by atoms with van der Waals surface area (Å²) in [5.74, 6) is 1.01. The zero-order chi connectivity index (χ0) is 23.9. The fourth-order valence-electron chi connectivity index (χ4n) is 3.65. The van der Waals surface area contributed by atoms with Crippen molar-refractivity contribution in [1.82, 2.24) is 10.2 Å². The number of unbranched alkanes of at least 4 members (excludes halogenated alkanes) is 2. The van der Waals surface area contributed by atoms with Crippen LogP contribution in [0.25, 0.3) is 0 Å². The van der Waals surface area contributed by atoms with Crippen molar-refractivity contribution in [2.24, 2.45) is 0 Å². The average Bonchev–Trinajstić information content (AvgIpc) is 2.80. The molecular weight excluding hydrogens is 554 g/mol. The summed E-state index contributed by atoms with van der Waals surface area (Å²) >= 11 is 3.62. The normalized spacial score (nSPS) is 10.6. The standard InChI is InChI=1S/C27H40BrFN2O2.2ClH/c1-4-7-15-31(16-8-5-2)17-11-14-30-20-22-18-24(28)27(26(19-22)32-6-3)33-21-23-12-9-10-13-25(23)29;;/h9-10,12-13,18-19,30H,4-8,11,14-17,20-21H2,1-3H3;2*1H. The second-order valence-electron chi connectivity index (χ2n) is 8.30. The van der Waals surface area contributed by atoms with Gasteiger partial charge in [0.2, 0.25) is 0 Å². The van der Waals surface area contributed by atoms with Gasteiger partial charge in [-0.15, -0.1) is 24.8 Å². The van der Waals surface area contributed by atoms with Crippen molar-refractivity contribution in [1.29, 1.82) is 0 Å². The van der Waals surface area contributed by atoms with Crippen LogP contribution in [-0.2, 0) is 13.2 Å². The molecule has 0 atom stereocenters. The van der Waals surface area contributed by atoms with Crippen molar-refractivity contribution in [2.45, 2.75) is 66.0 Å². The molecule has 0 aliphatic carbocycles. The van der Waals surface area contributed by atoms with Crippen LogP contribution in [-0.4, -0.2) is 37.7 Å². The zero-order valence-corrected chi connectivity index (χ0v) is 24.5. The maximum atomic E-state index is 13.9. The Hall–Kier alpha value is -1.05. The molecule has 0 saturated carbocycles. The third-order valence-electron chi connectivity index (χ3n) is 5.51. The molecule has 0 unspecified atom stereocenters. The van der Waals surface area contributed by atoms with Crippen molar-refractivity contribution in [3.63, 3.8) is 0 Å². The van der Waals surface area contributed by atoms with E-state index in [2.05, 4.69) is 40.0 Å². The largest absolute Gasteiger partial charge is 0.490 e. The first kappa shape index (κ1) is 34.0. The van der Waals surface area contributed by atoms with Gasteiger partial charge in [-0.3, -0.25) is 0 Å². The molecule has 0 spiro atoms. The lowest BCUT2D eigenvalue weighted by Crippen LogP contribution is -2.29. The van der Waals surface area contributed by atoms with E-state index in [1.165, 1.54) is 44.8 Å². The number of ether oxygens (including phenoxy) is 2. The van der Waals surface area contributed by atoms with Crippen LogP contribution in [0.2, 0.25) is 0 Å². The Bertz CT molecular complexity index is 822. The molecule has 0 aromatic heterocycles. The maximum absolute atomic E-state index is 13.9. The summed E-state index contributed by atoms with van der Waals surface area (Å²) in [6.07, 6.45) is 6.18. The van der Waals surface area contributed by atoms with Gasteiger partial charge in [-0.1, -0.05) is 44.9 Å². The molecule has 8 heteroatoms. The third kappa shape index (κ3) is 12.7. The van der Waals surface area contributed by atoms with Crippen LogP contribution < -0.4 is 14.8 Å². The molecule has 35 heavy (non-hydrogen) atoms. The van der Waals surface area contributed by atoms with E-state index in [1.54, 1.807) is 12.1 Å². The molecule has 0 radical (unpaired) electrons. The highest BCUT2D eigenvalue weighted by Gasteiger charge is 2.14. The van der Waals surface area contributed by atoms with Gasteiger partial charge >= 0.3 is 0 Å². The summed E-state index contributed by atoms with van der Waals surface area (Å²) in [5, 5.41) is 3.56. The van der Waals surface area contributed by atoms with E-state index in [-0.39, 0.29) is 37.2 Å². The number of rotatable bonds is 17. The molecular formula is C27H42BrCl2FN2O2. The monoisotopic (exact) mass is 594 g/mol. The third-order valence-corrected chi connectivity index (χ3v) is 6.10. The van der Waals surface area contributed by atoms with E-state index in [0.29, 0.717) is 23.7 Å². The first-order valence-corrected chi connectivity index (χ1v) is 13.1. The second-order valence-corrected chi connectivity index (χ2v) is 9.15. The van der Waals surface area contributed by atoms with Crippen LogP contribution in [0.1, 0.15) is 64.0 Å². The number of hydrogen-bond acceptors (Lipinski definition) is 4. The number of nitrogens with zero attached hydrogens (tertiary/aromatic N) is 1. The van der Waals surface area contributed by atoms with E-state index in [1.807, 2.05) is 25.1 Å². The van der Waals surface area contributed by atoms with Crippen molar-refractivity contribution >= 4 is 40.7 Å². The van der Waals surface area contributed by atoms with Crippen LogP contribution in [0.4, 0.5) is 4.39 Å². The lowest BCUT2D eigenvalue weighted by atomic mass is 10.2. The fourth-order valence-corrected chi connectivity index (χ4v) is 4.25. The van der Waals surface area contributed by atoms with Crippen LogP contribution in [0.5, 0.6) is 11.5 Å². The van der Waals surface area contributed by atoms with Crippen LogP contribution in [0.15, 0.2) is 40.9 Å². The summed E-state index contributed by atoms with van der Waals surface area (Å²) in [6, 6.07) is 10.7. The lowest BCUT2D eigenvalue weighted by molar-refractivity contribution is 0.260. The van der Waals surface area contributed by atoms with Gasteiger partial charge in [-0.05, 0) is 92.1 Å². The average molecular weight is 596 g/mol. The highest BCUT2D eigenvalue weighted by Crippen LogP contribution is 2.37. The topological polar surface area (TPSA) is 33.7 Å². The molecule has 0 amide bonds. The SMILES string of the molecule is CCCCN(CCCC)CCCNCc1cc(Br)c(OCc2ccccc2F)c(OCC)c1.Cl.Cl.